The standard InChI is InChI=1S/C8H8F3N3O5/c1-4(7(15)16)13-2-5(14(17)18)6(12-13)19-3-8(9,10)11/h2,4H,3H2,1H3,(H,15,16)/t4-/m0/s1. The number of alkyl halides is 3. The average Bonchev–Trinajstić information content (AvgIpc) is 2.68. The Balaban J connectivity index is 3.02. The minimum atomic E-state index is -4.68. The number of hydrogen-bond acceptors (Lipinski definition) is 5. The summed E-state index contributed by atoms with van der Waals surface area (Å²) in [6.45, 7) is -0.598. The van der Waals surface area contributed by atoms with Crippen LogP contribution in [0.2, 0.25) is 0 Å². The van der Waals surface area contributed by atoms with Crippen LogP contribution in [0.1, 0.15) is 13.0 Å². The van der Waals surface area contributed by atoms with Gasteiger partial charge in [-0.05, 0) is 6.92 Å². The lowest BCUT2D eigenvalue weighted by atomic mass is 10.3. The molecule has 8 nitrogen and oxygen atoms in total. The van der Waals surface area contributed by atoms with Crippen molar-refractivity contribution >= 4 is 11.7 Å². The summed E-state index contributed by atoms with van der Waals surface area (Å²) in [5.41, 5.74) is -0.836. The van der Waals surface area contributed by atoms with E-state index in [4.69, 9.17) is 5.11 Å². The number of nitrogens with zero attached hydrogens (tertiary/aromatic N) is 3. The highest BCUT2D eigenvalue weighted by atomic mass is 19.4. The zero-order valence-corrected chi connectivity index (χ0v) is 9.42. The molecule has 0 aromatic carbocycles. The van der Waals surface area contributed by atoms with Crippen LogP contribution >= 0.6 is 0 Å². The number of hydrogen-bond donors (Lipinski definition) is 1. The Bertz CT molecular complexity index is 498. The van der Waals surface area contributed by atoms with E-state index in [0.717, 1.165) is 6.92 Å². The van der Waals surface area contributed by atoms with E-state index in [0.29, 0.717) is 10.9 Å². The maximum Gasteiger partial charge on any atom is 0.422 e. The second-order valence-electron chi connectivity index (χ2n) is 3.47. The van der Waals surface area contributed by atoms with Gasteiger partial charge in [0.15, 0.2) is 6.61 Å². The first kappa shape index (κ1) is 14.7. The molecule has 0 saturated carbocycles. The predicted molar refractivity (Wildman–Crippen MR) is 52.8 cm³/mol. The smallest absolute Gasteiger partial charge is 0.422 e. The minimum absolute atomic E-state index is 0.645. The number of ether oxygens (including phenoxy) is 1. The summed E-state index contributed by atoms with van der Waals surface area (Å²) >= 11 is 0. The Morgan fingerprint density at radius 2 is 2.26 bits per heavy atom. The molecule has 0 amide bonds. The van der Waals surface area contributed by atoms with Crippen LogP contribution < -0.4 is 4.74 Å². The molecule has 1 aromatic rings. The molecular weight excluding hydrogens is 275 g/mol. The van der Waals surface area contributed by atoms with Crippen molar-refractivity contribution in [3.05, 3.63) is 16.3 Å². The Kier molecular flexibility index (Phi) is 3.97. The summed E-state index contributed by atoms with van der Waals surface area (Å²) in [6.07, 6.45) is -3.99. The second kappa shape index (κ2) is 5.12. The van der Waals surface area contributed by atoms with Crippen LogP contribution in [0, 0.1) is 10.1 Å². The van der Waals surface area contributed by atoms with Gasteiger partial charge in [-0.3, -0.25) is 10.1 Å². The number of nitro groups is 1. The van der Waals surface area contributed by atoms with E-state index in [1.165, 1.54) is 0 Å². The van der Waals surface area contributed by atoms with Crippen molar-refractivity contribution in [1.29, 1.82) is 0 Å². The molecule has 1 aromatic heterocycles. The topological polar surface area (TPSA) is 107 Å². The van der Waals surface area contributed by atoms with E-state index in [2.05, 4.69) is 9.84 Å². The van der Waals surface area contributed by atoms with Crippen molar-refractivity contribution < 1.29 is 32.7 Å². The van der Waals surface area contributed by atoms with Gasteiger partial charge in [-0.2, -0.15) is 13.2 Å². The molecule has 11 heteroatoms. The molecule has 0 radical (unpaired) electrons. The van der Waals surface area contributed by atoms with Crippen LogP contribution in [0.3, 0.4) is 0 Å². The summed E-state index contributed by atoms with van der Waals surface area (Å²) in [7, 11) is 0. The zero-order valence-electron chi connectivity index (χ0n) is 9.42. The van der Waals surface area contributed by atoms with E-state index in [-0.39, 0.29) is 0 Å². The monoisotopic (exact) mass is 283 g/mol. The molecule has 0 saturated heterocycles. The van der Waals surface area contributed by atoms with Crippen molar-refractivity contribution in [3.8, 4) is 5.88 Å². The van der Waals surface area contributed by atoms with E-state index < -0.39 is 41.3 Å². The number of carboxylic acid groups (broad SMARTS) is 1. The molecule has 1 N–H and O–H groups in total. The van der Waals surface area contributed by atoms with Gasteiger partial charge in [0.1, 0.15) is 12.2 Å². The van der Waals surface area contributed by atoms with Gasteiger partial charge in [0.25, 0.3) is 0 Å². The summed E-state index contributed by atoms with van der Waals surface area (Å²) in [4.78, 5) is 20.2. The molecule has 0 aliphatic rings. The molecular formula is C8H8F3N3O5. The van der Waals surface area contributed by atoms with Crippen molar-refractivity contribution in [3.63, 3.8) is 0 Å². The van der Waals surface area contributed by atoms with E-state index >= 15 is 0 Å². The fraction of sp³-hybridized carbons (Fsp3) is 0.500. The molecule has 0 spiro atoms. The van der Waals surface area contributed by atoms with Crippen LogP contribution in [0.5, 0.6) is 5.88 Å². The van der Waals surface area contributed by atoms with Crippen molar-refractivity contribution in [1.82, 2.24) is 9.78 Å². The number of carboxylic acids is 1. The average molecular weight is 283 g/mol. The molecule has 0 aliphatic carbocycles. The molecule has 106 valence electrons. The molecule has 1 atom stereocenters. The van der Waals surface area contributed by atoms with Crippen LogP contribution in [-0.4, -0.2) is 38.6 Å². The van der Waals surface area contributed by atoms with Gasteiger partial charge in [0, 0.05) is 0 Å². The van der Waals surface area contributed by atoms with Crippen LogP contribution in [0.15, 0.2) is 6.20 Å². The number of aromatic nitrogens is 2. The zero-order chi connectivity index (χ0) is 14.8. The lowest BCUT2D eigenvalue weighted by Gasteiger charge is -2.06. The highest BCUT2D eigenvalue weighted by molar-refractivity contribution is 5.71. The Hall–Kier alpha value is -2.33. The van der Waals surface area contributed by atoms with Gasteiger partial charge >= 0.3 is 23.7 Å². The van der Waals surface area contributed by atoms with Crippen molar-refractivity contribution in [2.75, 3.05) is 6.61 Å². The first-order valence-electron chi connectivity index (χ1n) is 4.77. The third kappa shape index (κ3) is 3.82. The third-order valence-corrected chi connectivity index (χ3v) is 2.00. The maximum absolute atomic E-state index is 11.9. The molecule has 19 heavy (non-hydrogen) atoms. The van der Waals surface area contributed by atoms with Gasteiger partial charge in [-0.25, -0.2) is 9.48 Å². The summed E-state index contributed by atoms with van der Waals surface area (Å²) in [5.74, 6) is -2.23. The molecule has 0 fully saturated rings. The van der Waals surface area contributed by atoms with Crippen LogP contribution in [-0.2, 0) is 4.79 Å². The minimum Gasteiger partial charge on any atom is -0.480 e. The van der Waals surface area contributed by atoms with Gasteiger partial charge in [0.05, 0.1) is 4.92 Å². The summed E-state index contributed by atoms with van der Waals surface area (Å²) < 4.78 is 40.7. The third-order valence-electron chi connectivity index (χ3n) is 2.00. The van der Waals surface area contributed by atoms with E-state index in [1.54, 1.807) is 0 Å². The number of carbonyl (C=O) groups is 1. The van der Waals surface area contributed by atoms with E-state index in [9.17, 15) is 28.1 Å². The first-order valence-corrected chi connectivity index (χ1v) is 4.77. The highest BCUT2D eigenvalue weighted by Crippen LogP contribution is 2.28. The normalized spacial score (nSPS) is 13.1. The van der Waals surface area contributed by atoms with Gasteiger partial charge in [0.2, 0.25) is 0 Å². The second-order valence-corrected chi connectivity index (χ2v) is 3.47. The Labute approximate surface area is 103 Å². The fourth-order valence-corrected chi connectivity index (χ4v) is 1.06. The van der Waals surface area contributed by atoms with Crippen LogP contribution in [0.4, 0.5) is 18.9 Å². The molecule has 0 unspecified atom stereocenters. The lowest BCUT2D eigenvalue weighted by molar-refractivity contribution is -0.386. The quantitative estimate of drug-likeness (QED) is 0.646. The first-order chi connectivity index (χ1) is 8.61. The molecule has 1 heterocycles. The summed E-state index contributed by atoms with van der Waals surface area (Å²) in [6, 6.07) is -1.28. The fourth-order valence-electron chi connectivity index (χ4n) is 1.06. The van der Waals surface area contributed by atoms with Gasteiger partial charge < -0.3 is 9.84 Å². The summed E-state index contributed by atoms with van der Waals surface area (Å²) in [5, 5.41) is 22.6. The SMILES string of the molecule is C[C@@H](C(=O)O)n1cc([N+](=O)[O-])c(OCC(F)(F)F)n1. The maximum atomic E-state index is 11.9. The molecule has 0 aliphatic heterocycles. The van der Waals surface area contributed by atoms with Gasteiger partial charge in [-0.1, -0.05) is 0 Å². The Morgan fingerprint density at radius 1 is 1.68 bits per heavy atom. The molecule has 0 bridgehead atoms. The van der Waals surface area contributed by atoms with Crippen molar-refractivity contribution in [2.45, 2.75) is 19.1 Å². The van der Waals surface area contributed by atoms with Crippen LogP contribution in [0.25, 0.3) is 0 Å². The van der Waals surface area contributed by atoms with Gasteiger partial charge in [-0.15, -0.1) is 5.10 Å². The van der Waals surface area contributed by atoms with Crippen molar-refractivity contribution in [2.24, 2.45) is 0 Å². The highest BCUT2D eigenvalue weighted by Gasteiger charge is 2.32. The number of rotatable bonds is 5. The molecule has 1 rings (SSSR count). The largest absolute Gasteiger partial charge is 0.480 e. The lowest BCUT2D eigenvalue weighted by Crippen LogP contribution is -2.20. The van der Waals surface area contributed by atoms with E-state index in [1.807, 2.05) is 0 Å². The predicted octanol–water partition coefficient (Wildman–Crippen LogP) is 1.38. The Morgan fingerprint density at radius 3 is 2.68 bits per heavy atom. The number of aliphatic carboxylic acids is 1. The number of halogens is 3.